The molecule has 4 aromatic carbocycles. The van der Waals surface area contributed by atoms with Crippen LogP contribution in [0.3, 0.4) is 0 Å². The number of rotatable bonds is 12. The molecule has 1 aliphatic heterocycles. The maximum Gasteiger partial charge on any atom is 0.256 e. The summed E-state index contributed by atoms with van der Waals surface area (Å²) in [5.74, 6) is -0.499. The highest BCUT2D eigenvalue weighted by molar-refractivity contribution is 6.06. The quantitative estimate of drug-likeness (QED) is 0.132. The Bertz CT molecular complexity index is 2160. The van der Waals surface area contributed by atoms with Crippen molar-refractivity contribution in [3.05, 3.63) is 144 Å². The molecular formula is C41H37FN6O5. The van der Waals surface area contributed by atoms with Crippen LogP contribution < -0.4 is 14.8 Å². The Labute approximate surface area is 306 Å². The van der Waals surface area contributed by atoms with Gasteiger partial charge in [0.15, 0.2) is 17.0 Å². The molecule has 1 fully saturated rings. The lowest BCUT2D eigenvalue weighted by atomic mass is 9.80. The van der Waals surface area contributed by atoms with Crippen molar-refractivity contribution >= 4 is 22.9 Å². The summed E-state index contributed by atoms with van der Waals surface area (Å²) < 4.78 is 42.8. The Hall–Kier alpha value is -6.16. The SMILES string of the molecule is COc1ccc(C(OC[C@H]2O[C@@H](n3cnc4c(NC(=O)c5ccccc5)ncnc43)[C@H](C(C)C#N)[C@H]2F)(c2ccccc2)c2ccc(OC)cc2)cc1. The summed E-state index contributed by atoms with van der Waals surface area (Å²) in [7, 11) is 3.20. The number of imidazole rings is 1. The van der Waals surface area contributed by atoms with E-state index >= 15 is 4.39 Å². The van der Waals surface area contributed by atoms with Crippen molar-refractivity contribution in [1.29, 1.82) is 5.26 Å². The number of nitrogens with zero attached hydrogens (tertiary/aromatic N) is 5. The third-order valence-corrected chi connectivity index (χ3v) is 9.69. The normalized spacial score (nSPS) is 19.0. The second kappa shape index (κ2) is 15.2. The Balaban J connectivity index is 1.25. The van der Waals surface area contributed by atoms with Crippen molar-refractivity contribution < 1.29 is 28.1 Å². The number of anilines is 1. The van der Waals surface area contributed by atoms with Crippen LogP contribution in [0.4, 0.5) is 10.2 Å². The summed E-state index contributed by atoms with van der Waals surface area (Å²) in [4.78, 5) is 26.2. The first-order valence-corrected chi connectivity index (χ1v) is 17.1. The fourth-order valence-electron chi connectivity index (χ4n) is 6.92. The van der Waals surface area contributed by atoms with Crippen molar-refractivity contribution in [3.8, 4) is 17.6 Å². The van der Waals surface area contributed by atoms with Crippen LogP contribution in [-0.2, 0) is 15.1 Å². The molecule has 0 radical (unpaired) electrons. The van der Waals surface area contributed by atoms with E-state index in [9.17, 15) is 10.1 Å². The van der Waals surface area contributed by atoms with Crippen LogP contribution in [-0.4, -0.2) is 58.5 Å². The minimum Gasteiger partial charge on any atom is -0.497 e. The molecule has 6 aromatic rings. The number of benzene rings is 4. The molecule has 0 bridgehead atoms. The van der Waals surface area contributed by atoms with Gasteiger partial charge in [-0.15, -0.1) is 0 Å². The van der Waals surface area contributed by atoms with E-state index in [4.69, 9.17) is 18.9 Å². The third kappa shape index (κ3) is 6.68. The molecule has 0 saturated carbocycles. The first-order chi connectivity index (χ1) is 25.9. The van der Waals surface area contributed by atoms with Crippen molar-refractivity contribution in [2.75, 3.05) is 26.1 Å². The van der Waals surface area contributed by atoms with Gasteiger partial charge in [0.05, 0.1) is 45.1 Å². The average molecular weight is 713 g/mol. The van der Waals surface area contributed by atoms with Crippen molar-refractivity contribution in [3.63, 3.8) is 0 Å². The van der Waals surface area contributed by atoms with Crippen LogP contribution in [0.25, 0.3) is 11.2 Å². The fraction of sp³-hybridized carbons (Fsp3) is 0.244. The smallest absolute Gasteiger partial charge is 0.256 e. The minimum atomic E-state index is -1.61. The number of nitriles is 1. The number of alkyl halides is 1. The van der Waals surface area contributed by atoms with Gasteiger partial charge in [0, 0.05) is 5.56 Å². The second-order valence-electron chi connectivity index (χ2n) is 12.7. The lowest BCUT2D eigenvalue weighted by Gasteiger charge is -2.37. The molecule has 1 amide bonds. The van der Waals surface area contributed by atoms with E-state index in [-0.39, 0.29) is 18.3 Å². The second-order valence-corrected chi connectivity index (χ2v) is 12.7. The van der Waals surface area contributed by atoms with Crippen LogP contribution in [0.2, 0.25) is 0 Å². The Morgan fingerprint density at radius 2 is 1.47 bits per heavy atom. The van der Waals surface area contributed by atoms with Crippen molar-refractivity contribution in [1.82, 2.24) is 19.5 Å². The molecule has 0 aliphatic carbocycles. The maximum atomic E-state index is 16.8. The number of carbonyl (C=O) groups excluding carboxylic acids is 1. The molecule has 268 valence electrons. The fourth-order valence-corrected chi connectivity index (χ4v) is 6.92. The van der Waals surface area contributed by atoms with Gasteiger partial charge in [-0.1, -0.05) is 72.8 Å². The summed E-state index contributed by atoms with van der Waals surface area (Å²) in [5, 5.41) is 12.8. The van der Waals surface area contributed by atoms with E-state index in [2.05, 4.69) is 26.3 Å². The zero-order valence-electron chi connectivity index (χ0n) is 29.3. The number of halogens is 1. The molecule has 1 saturated heterocycles. The van der Waals surface area contributed by atoms with E-state index in [0.717, 1.165) is 16.7 Å². The molecule has 0 spiro atoms. The predicted octanol–water partition coefficient (Wildman–Crippen LogP) is 7.12. The van der Waals surface area contributed by atoms with Crippen LogP contribution in [0.1, 0.15) is 40.2 Å². The number of ether oxygens (including phenoxy) is 4. The van der Waals surface area contributed by atoms with E-state index in [1.165, 1.54) is 12.7 Å². The van der Waals surface area contributed by atoms with Crippen LogP contribution in [0.15, 0.2) is 122 Å². The van der Waals surface area contributed by atoms with Gasteiger partial charge in [-0.05, 0) is 60.0 Å². The summed E-state index contributed by atoms with van der Waals surface area (Å²) >= 11 is 0. The monoisotopic (exact) mass is 712 g/mol. The van der Waals surface area contributed by atoms with Gasteiger partial charge < -0.3 is 24.3 Å². The zero-order chi connectivity index (χ0) is 37.0. The summed E-state index contributed by atoms with van der Waals surface area (Å²) in [5.41, 5.74) is 2.21. The first-order valence-electron chi connectivity index (χ1n) is 17.1. The summed E-state index contributed by atoms with van der Waals surface area (Å²) in [6, 6.07) is 35.7. The molecule has 12 heteroatoms. The van der Waals surface area contributed by atoms with Crippen LogP contribution >= 0.6 is 0 Å². The lowest BCUT2D eigenvalue weighted by molar-refractivity contribution is -0.0872. The van der Waals surface area contributed by atoms with E-state index in [1.807, 2.05) is 84.9 Å². The number of methoxy groups -OCH3 is 2. The molecule has 11 nitrogen and oxygen atoms in total. The Kier molecular flexibility index (Phi) is 10.1. The Morgan fingerprint density at radius 3 is 2.06 bits per heavy atom. The molecule has 53 heavy (non-hydrogen) atoms. The zero-order valence-corrected chi connectivity index (χ0v) is 29.3. The molecule has 3 heterocycles. The van der Waals surface area contributed by atoms with Gasteiger partial charge in [-0.25, -0.2) is 19.3 Å². The van der Waals surface area contributed by atoms with Gasteiger partial charge in [-0.3, -0.25) is 9.36 Å². The minimum absolute atomic E-state index is 0.181. The molecule has 2 aromatic heterocycles. The molecule has 1 aliphatic rings. The van der Waals surface area contributed by atoms with Crippen molar-refractivity contribution in [2.45, 2.75) is 31.0 Å². The molecule has 7 rings (SSSR count). The number of nitrogens with one attached hydrogen (secondary N) is 1. The number of amides is 1. The third-order valence-electron chi connectivity index (χ3n) is 9.69. The van der Waals surface area contributed by atoms with Gasteiger partial charge in [0.1, 0.15) is 41.9 Å². The largest absolute Gasteiger partial charge is 0.497 e. The average Bonchev–Trinajstić information content (AvgIpc) is 3.80. The molecule has 5 atom stereocenters. The van der Waals surface area contributed by atoms with Gasteiger partial charge in [0.2, 0.25) is 0 Å². The lowest BCUT2D eigenvalue weighted by Crippen LogP contribution is -2.38. The maximum absolute atomic E-state index is 16.8. The molecular weight excluding hydrogens is 675 g/mol. The van der Waals surface area contributed by atoms with Crippen molar-refractivity contribution in [2.24, 2.45) is 11.8 Å². The number of hydrogen-bond donors (Lipinski definition) is 1. The molecule has 1 unspecified atom stereocenters. The molecule has 1 N–H and O–H groups in total. The van der Waals surface area contributed by atoms with Gasteiger partial charge in [-0.2, -0.15) is 5.26 Å². The number of hydrogen-bond acceptors (Lipinski definition) is 9. The first kappa shape index (κ1) is 35.3. The number of carbonyl (C=O) groups is 1. The predicted molar refractivity (Wildman–Crippen MR) is 195 cm³/mol. The summed E-state index contributed by atoms with van der Waals surface area (Å²) in [6.07, 6.45) is -0.898. The topological polar surface area (TPSA) is 133 Å². The highest BCUT2D eigenvalue weighted by Gasteiger charge is 2.50. The number of fused-ring (bicyclic) bond motifs is 1. The number of aromatic nitrogens is 4. The summed E-state index contributed by atoms with van der Waals surface area (Å²) in [6.45, 7) is 1.48. The van der Waals surface area contributed by atoms with Gasteiger partial charge >= 0.3 is 0 Å². The van der Waals surface area contributed by atoms with E-state index < -0.39 is 35.9 Å². The van der Waals surface area contributed by atoms with Crippen LogP contribution in [0.5, 0.6) is 11.5 Å². The highest BCUT2D eigenvalue weighted by atomic mass is 19.1. The van der Waals surface area contributed by atoms with E-state index in [0.29, 0.717) is 28.2 Å². The highest BCUT2D eigenvalue weighted by Crippen LogP contribution is 2.46. The van der Waals surface area contributed by atoms with Gasteiger partial charge in [0.25, 0.3) is 5.91 Å². The van der Waals surface area contributed by atoms with E-state index in [1.54, 1.807) is 50.0 Å². The van der Waals surface area contributed by atoms with Crippen LogP contribution in [0, 0.1) is 23.2 Å². The Morgan fingerprint density at radius 1 is 0.887 bits per heavy atom. The standard InChI is InChI=1S/C41H37FN6O5/c1-26(22-43)34-35(42)33(53-40(34)48-25-46-36-37(44-24-45-38(36)48)47-39(49)27-10-6-4-7-11-27)23-52-41(28-12-8-5-9-13-28,29-14-18-31(50-2)19-15-29)30-16-20-32(51-3)21-17-30/h4-21,24-26,33-35,40H,23H2,1-3H3,(H,44,45,47,49)/t26?,33-,34-,35+,40-/m1/s1.